The molecular weight excluding hydrogens is 337 g/mol. The van der Waals surface area contributed by atoms with Gasteiger partial charge in [-0.3, -0.25) is 10.1 Å². The van der Waals surface area contributed by atoms with Crippen LogP contribution in [0.3, 0.4) is 0 Å². The van der Waals surface area contributed by atoms with Crippen molar-refractivity contribution in [2.45, 2.75) is 38.5 Å². The highest BCUT2D eigenvalue weighted by Gasteiger charge is 2.32. The van der Waals surface area contributed by atoms with E-state index in [1.165, 1.54) is 7.11 Å². The normalized spacial score (nSPS) is 14.0. The Labute approximate surface area is 144 Å². The number of carbonyl (C=O) groups is 2. The number of rotatable bonds is 8. The zero-order valence-electron chi connectivity index (χ0n) is 14.4. The number of halogens is 3. The molecule has 0 aliphatic heterocycles. The molecule has 5 nitrogen and oxygen atoms in total. The summed E-state index contributed by atoms with van der Waals surface area (Å²) in [7, 11) is 1.19. The quantitative estimate of drug-likeness (QED) is 0.697. The van der Waals surface area contributed by atoms with Gasteiger partial charge in [0.05, 0.1) is 19.7 Å². The van der Waals surface area contributed by atoms with Crippen LogP contribution in [0.15, 0.2) is 30.3 Å². The van der Waals surface area contributed by atoms with Crippen LogP contribution in [-0.2, 0) is 20.7 Å². The van der Waals surface area contributed by atoms with Crippen molar-refractivity contribution in [3.8, 4) is 0 Å². The number of benzene rings is 1. The standard InChI is InChI=1S/C17H23F3N2O3/c1-11(2)14(16(24)25-3)22-15(23)13(21-10-17(18,19)20)9-12-7-5-4-6-8-12/h4-8,11,13-14,21H,9-10H2,1-3H3,(H,22,23)/t13-,14?/m0/s1. The molecule has 0 aliphatic rings. The third-order valence-electron chi connectivity index (χ3n) is 3.57. The van der Waals surface area contributed by atoms with Gasteiger partial charge in [-0.05, 0) is 17.9 Å². The van der Waals surface area contributed by atoms with Crippen LogP contribution in [0.5, 0.6) is 0 Å². The Morgan fingerprint density at radius 3 is 2.24 bits per heavy atom. The fourth-order valence-corrected chi connectivity index (χ4v) is 2.22. The molecule has 8 heteroatoms. The van der Waals surface area contributed by atoms with Gasteiger partial charge in [-0.25, -0.2) is 4.79 Å². The topological polar surface area (TPSA) is 67.4 Å². The number of esters is 1. The predicted molar refractivity (Wildman–Crippen MR) is 86.8 cm³/mol. The molecular formula is C17H23F3N2O3. The molecule has 0 bridgehead atoms. The molecule has 1 rings (SSSR count). The van der Waals surface area contributed by atoms with Crippen molar-refractivity contribution in [3.05, 3.63) is 35.9 Å². The summed E-state index contributed by atoms with van der Waals surface area (Å²) in [6, 6.07) is 6.62. The van der Waals surface area contributed by atoms with E-state index in [1.54, 1.807) is 44.2 Å². The fourth-order valence-electron chi connectivity index (χ4n) is 2.22. The number of ether oxygens (including phenoxy) is 1. The number of nitrogens with one attached hydrogen (secondary N) is 2. The molecule has 25 heavy (non-hydrogen) atoms. The lowest BCUT2D eigenvalue weighted by molar-refractivity contribution is -0.147. The van der Waals surface area contributed by atoms with Crippen LogP contribution in [0, 0.1) is 5.92 Å². The molecule has 0 aliphatic carbocycles. The van der Waals surface area contributed by atoms with Crippen LogP contribution >= 0.6 is 0 Å². The third-order valence-corrected chi connectivity index (χ3v) is 3.57. The van der Waals surface area contributed by atoms with Crippen molar-refractivity contribution >= 4 is 11.9 Å². The minimum Gasteiger partial charge on any atom is -0.467 e. The first kappa shape index (κ1) is 21.0. The fraction of sp³-hybridized carbons (Fsp3) is 0.529. The Morgan fingerprint density at radius 2 is 1.76 bits per heavy atom. The summed E-state index contributed by atoms with van der Waals surface area (Å²) in [6.45, 7) is 2.11. The van der Waals surface area contributed by atoms with Crippen LogP contribution < -0.4 is 10.6 Å². The molecule has 2 N–H and O–H groups in total. The summed E-state index contributed by atoms with van der Waals surface area (Å²) in [5.74, 6) is -1.59. The van der Waals surface area contributed by atoms with E-state index in [0.29, 0.717) is 5.56 Å². The van der Waals surface area contributed by atoms with E-state index < -0.39 is 36.7 Å². The van der Waals surface area contributed by atoms with Gasteiger partial charge in [0.2, 0.25) is 5.91 Å². The molecule has 0 heterocycles. The smallest absolute Gasteiger partial charge is 0.401 e. The molecule has 1 aromatic carbocycles. The maximum atomic E-state index is 12.5. The van der Waals surface area contributed by atoms with E-state index in [2.05, 4.69) is 15.4 Å². The number of carbonyl (C=O) groups excluding carboxylic acids is 2. The highest BCUT2D eigenvalue weighted by molar-refractivity contribution is 5.87. The Morgan fingerprint density at radius 1 is 1.16 bits per heavy atom. The van der Waals surface area contributed by atoms with Gasteiger partial charge in [0, 0.05) is 0 Å². The van der Waals surface area contributed by atoms with E-state index >= 15 is 0 Å². The number of hydrogen-bond acceptors (Lipinski definition) is 4. The monoisotopic (exact) mass is 360 g/mol. The molecule has 140 valence electrons. The average Bonchev–Trinajstić information content (AvgIpc) is 2.55. The zero-order chi connectivity index (χ0) is 19.0. The molecule has 1 unspecified atom stereocenters. The lowest BCUT2D eigenvalue weighted by atomic mass is 10.0. The largest absolute Gasteiger partial charge is 0.467 e. The Kier molecular flexibility index (Phi) is 7.89. The predicted octanol–water partition coefficient (Wildman–Crippen LogP) is 2.06. The second kappa shape index (κ2) is 9.41. The van der Waals surface area contributed by atoms with E-state index in [-0.39, 0.29) is 12.3 Å². The first-order valence-corrected chi connectivity index (χ1v) is 7.86. The summed E-state index contributed by atoms with van der Waals surface area (Å²) < 4.78 is 42.2. The third kappa shape index (κ3) is 7.55. The summed E-state index contributed by atoms with van der Waals surface area (Å²) in [5, 5.41) is 4.70. The van der Waals surface area contributed by atoms with Gasteiger partial charge in [0.25, 0.3) is 0 Å². The van der Waals surface area contributed by atoms with Crippen molar-refractivity contribution in [1.82, 2.24) is 10.6 Å². The molecule has 1 aromatic rings. The van der Waals surface area contributed by atoms with Crippen LogP contribution in [0.1, 0.15) is 19.4 Å². The lowest BCUT2D eigenvalue weighted by Gasteiger charge is -2.24. The van der Waals surface area contributed by atoms with Gasteiger partial charge in [0.1, 0.15) is 6.04 Å². The maximum absolute atomic E-state index is 12.5. The van der Waals surface area contributed by atoms with Gasteiger partial charge in [-0.2, -0.15) is 13.2 Å². The maximum Gasteiger partial charge on any atom is 0.401 e. The van der Waals surface area contributed by atoms with Gasteiger partial charge < -0.3 is 10.1 Å². The van der Waals surface area contributed by atoms with Crippen molar-refractivity contribution in [2.24, 2.45) is 5.92 Å². The summed E-state index contributed by atoms with van der Waals surface area (Å²) >= 11 is 0. The van der Waals surface area contributed by atoms with Gasteiger partial charge in [-0.15, -0.1) is 0 Å². The Balaban J connectivity index is 2.88. The molecule has 2 atom stereocenters. The minimum absolute atomic E-state index is 0.0642. The van der Waals surface area contributed by atoms with Crippen LogP contribution in [0.25, 0.3) is 0 Å². The average molecular weight is 360 g/mol. The van der Waals surface area contributed by atoms with E-state index in [1.807, 2.05) is 0 Å². The Bertz CT molecular complexity index is 562. The van der Waals surface area contributed by atoms with Crippen molar-refractivity contribution in [1.29, 1.82) is 0 Å². The molecule has 0 aromatic heterocycles. The molecule has 1 amide bonds. The minimum atomic E-state index is -4.45. The molecule has 0 radical (unpaired) electrons. The summed E-state index contributed by atoms with van der Waals surface area (Å²) in [4.78, 5) is 24.2. The highest BCUT2D eigenvalue weighted by Crippen LogP contribution is 2.14. The second-order valence-electron chi connectivity index (χ2n) is 5.99. The van der Waals surface area contributed by atoms with Gasteiger partial charge >= 0.3 is 12.1 Å². The van der Waals surface area contributed by atoms with E-state index in [0.717, 1.165) is 0 Å². The van der Waals surface area contributed by atoms with Gasteiger partial charge in [0.15, 0.2) is 0 Å². The summed E-state index contributed by atoms with van der Waals surface area (Å²) in [6.07, 6.45) is -4.39. The molecule has 0 saturated carbocycles. The number of amides is 1. The first-order chi connectivity index (χ1) is 11.6. The molecule has 0 fully saturated rings. The zero-order valence-corrected chi connectivity index (χ0v) is 14.4. The number of hydrogen-bond donors (Lipinski definition) is 2. The Hall–Kier alpha value is -2.09. The number of alkyl halides is 3. The van der Waals surface area contributed by atoms with Crippen molar-refractivity contribution < 1.29 is 27.5 Å². The number of methoxy groups -OCH3 is 1. The van der Waals surface area contributed by atoms with Crippen molar-refractivity contribution in [3.63, 3.8) is 0 Å². The highest BCUT2D eigenvalue weighted by atomic mass is 19.4. The summed E-state index contributed by atoms with van der Waals surface area (Å²) in [5.41, 5.74) is 0.705. The van der Waals surface area contributed by atoms with Crippen LogP contribution in [0.2, 0.25) is 0 Å². The lowest BCUT2D eigenvalue weighted by Crippen LogP contribution is -2.54. The van der Waals surface area contributed by atoms with E-state index in [9.17, 15) is 22.8 Å². The first-order valence-electron chi connectivity index (χ1n) is 7.86. The van der Waals surface area contributed by atoms with Crippen LogP contribution in [0.4, 0.5) is 13.2 Å². The molecule has 0 spiro atoms. The van der Waals surface area contributed by atoms with Crippen LogP contribution in [-0.4, -0.2) is 43.8 Å². The van der Waals surface area contributed by atoms with Crippen molar-refractivity contribution in [2.75, 3.05) is 13.7 Å². The second-order valence-corrected chi connectivity index (χ2v) is 5.99. The SMILES string of the molecule is COC(=O)C(NC(=O)[C@H](Cc1ccccc1)NCC(F)(F)F)C(C)C. The van der Waals surface area contributed by atoms with E-state index in [4.69, 9.17) is 0 Å². The molecule has 0 saturated heterocycles. The van der Waals surface area contributed by atoms with Gasteiger partial charge in [-0.1, -0.05) is 44.2 Å².